The van der Waals surface area contributed by atoms with E-state index in [2.05, 4.69) is 70.5 Å². The minimum absolute atomic E-state index is 0.224. The first-order chi connectivity index (χ1) is 14.2. The summed E-state index contributed by atoms with van der Waals surface area (Å²) < 4.78 is 0. The maximum Gasteiger partial charge on any atom is 0.115 e. The number of rotatable bonds is 6. The molecule has 1 atom stereocenters. The minimum Gasteiger partial charge on any atom is -0.508 e. The zero-order valence-corrected chi connectivity index (χ0v) is 16.6. The predicted octanol–water partition coefficient (Wildman–Crippen LogP) is 3.83. The molecule has 4 heteroatoms. The Kier molecular flexibility index (Phi) is 6.25. The monoisotopic (exact) mass is 388 g/mol. The Morgan fingerprint density at radius 1 is 0.655 bits per heavy atom. The van der Waals surface area contributed by atoms with Crippen LogP contribution >= 0.6 is 0 Å². The van der Waals surface area contributed by atoms with Gasteiger partial charge in [-0.25, -0.2) is 0 Å². The molecule has 3 aromatic rings. The topological polar surface area (TPSA) is 46.9 Å². The minimum atomic E-state index is -0.541. The fraction of sp³-hybridized carbons (Fsp3) is 0.280. The first-order valence-electron chi connectivity index (χ1n) is 10.2. The van der Waals surface area contributed by atoms with Gasteiger partial charge in [0.15, 0.2) is 0 Å². The smallest absolute Gasteiger partial charge is 0.115 e. The van der Waals surface area contributed by atoms with E-state index in [9.17, 15) is 10.2 Å². The fourth-order valence-corrected chi connectivity index (χ4v) is 4.14. The highest BCUT2D eigenvalue weighted by molar-refractivity contribution is 5.32. The molecule has 0 spiro atoms. The van der Waals surface area contributed by atoms with Crippen molar-refractivity contribution in [3.05, 3.63) is 102 Å². The highest BCUT2D eigenvalue weighted by atomic mass is 16.3. The van der Waals surface area contributed by atoms with Crippen LogP contribution in [0.3, 0.4) is 0 Å². The molecule has 0 radical (unpaired) electrons. The molecule has 1 saturated heterocycles. The number of nitrogens with zero attached hydrogens (tertiary/aromatic N) is 2. The van der Waals surface area contributed by atoms with Crippen molar-refractivity contribution in [2.24, 2.45) is 0 Å². The molecule has 0 aliphatic carbocycles. The average Bonchev–Trinajstić information content (AvgIpc) is 2.77. The lowest BCUT2D eigenvalue weighted by atomic mass is 9.96. The van der Waals surface area contributed by atoms with Gasteiger partial charge in [-0.2, -0.15) is 0 Å². The summed E-state index contributed by atoms with van der Waals surface area (Å²) in [6, 6.07) is 28.5. The Morgan fingerprint density at radius 2 is 1.17 bits per heavy atom. The summed E-state index contributed by atoms with van der Waals surface area (Å²) in [7, 11) is 0. The second-order valence-corrected chi connectivity index (χ2v) is 7.67. The molecule has 1 unspecified atom stereocenters. The summed E-state index contributed by atoms with van der Waals surface area (Å²) in [5.41, 5.74) is 3.48. The third kappa shape index (κ3) is 4.85. The van der Waals surface area contributed by atoms with E-state index >= 15 is 0 Å². The molecule has 1 aliphatic rings. The van der Waals surface area contributed by atoms with Crippen molar-refractivity contribution in [3.63, 3.8) is 0 Å². The van der Waals surface area contributed by atoms with Gasteiger partial charge in [-0.05, 0) is 28.8 Å². The summed E-state index contributed by atoms with van der Waals surface area (Å²) in [5.74, 6) is 0.224. The molecule has 2 N–H and O–H groups in total. The quantitative estimate of drug-likeness (QED) is 0.674. The van der Waals surface area contributed by atoms with Gasteiger partial charge in [0.1, 0.15) is 5.75 Å². The van der Waals surface area contributed by atoms with Crippen LogP contribution in [0.25, 0.3) is 0 Å². The van der Waals surface area contributed by atoms with Gasteiger partial charge >= 0.3 is 0 Å². The number of aromatic hydroxyl groups is 1. The number of aliphatic hydroxyl groups excluding tert-OH is 1. The Hall–Kier alpha value is -2.66. The van der Waals surface area contributed by atoms with Crippen molar-refractivity contribution >= 4 is 0 Å². The molecule has 1 fully saturated rings. The molecule has 0 bridgehead atoms. The molecule has 0 saturated carbocycles. The van der Waals surface area contributed by atoms with Crippen LogP contribution < -0.4 is 0 Å². The zero-order valence-electron chi connectivity index (χ0n) is 16.6. The van der Waals surface area contributed by atoms with E-state index in [0.29, 0.717) is 6.54 Å². The van der Waals surface area contributed by atoms with E-state index in [0.717, 1.165) is 31.7 Å². The zero-order chi connectivity index (χ0) is 20.1. The van der Waals surface area contributed by atoms with Crippen molar-refractivity contribution in [2.45, 2.75) is 12.1 Å². The number of hydrogen-bond acceptors (Lipinski definition) is 4. The van der Waals surface area contributed by atoms with Crippen LogP contribution in [0.2, 0.25) is 0 Å². The number of hydrogen-bond donors (Lipinski definition) is 2. The molecule has 3 aromatic carbocycles. The van der Waals surface area contributed by atoms with Crippen LogP contribution in [-0.2, 0) is 0 Å². The number of β-amino-alcohol motifs (C(OH)–C–C–N with tert-alkyl or cyclic N) is 1. The van der Waals surface area contributed by atoms with Crippen molar-refractivity contribution in [2.75, 3.05) is 32.7 Å². The van der Waals surface area contributed by atoms with Crippen LogP contribution in [0.15, 0.2) is 84.9 Å². The summed E-state index contributed by atoms with van der Waals surface area (Å²) >= 11 is 0. The summed E-state index contributed by atoms with van der Waals surface area (Å²) in [6.07, 6.45) is -0.541. The Balaban J connectivity index is 1.42. The van der Waals surface area contributed by atoms with E-state index in [1.54, 1.807) is 24.3 Å². The van der Waals surface area contributed by atoms with Gasteiger partial charge in [0.25, 0.3) is 0 Å². The molecular formula is C25H28N2O2. The van der Waals surface area contributed by atoms with Gasteiger partial charge in [-0.1, -0.05) is 72.8 Å². The first kappa shape index (κ1) is 19.6. The number of phenolic OH excluding ortho intramolecular Hbond substituents is 1. The number of benzene rings is 3. The molecule has 150 valence electrons. The van der Waals surface area contributed by atoms with E-state index in [1.807, 2.05) is 0 Å². The van der Waals surface area contributed by atoms with Gasteiger partial charge in [0, 0.05) is 32.7 Å². The van der Waals surface area contributed by atoms with Crippen molar-refractivity contribution in [3.8, 4) is 5.75 Å². The van der Waals surface area contributed by atoms with E-state index in [-0.39, 0.29) is 11.8 Å². The van der Waals surface area contributed by atoms with Gasteiger partial charge < -0.3 is 10.2 Å². The van der Waals surface area contributed by atoms with Crippen molar-refractivity contribution in [1.29, 1.82) is 0 Å². The van der Waals surface area contributed by atoms with Crippen molar-refractivity contribution < 1.29 is 10.2 Å². The SMILES string of the molecule is Oc1ccc(C(O)CN2CCN(C(c3ccccc3)c3ccccc3)CC2)cc1. The maximum absolute atomic E-state index is 10.6. The van der Waals surface area contributed by atoms with E-state index in [4.69, 9.17) is 0 Å². The molecule has 29 heavy (non-hydrogen) atoms. The molecule has 4 nitrogen and oxygen atoms in total. The third-order valence-electron chi connectivity index (χ3n) is 5.71. The second kappa shape index (κ2) is 9.23. The van der Waals surface area contributed by atoms with E-state index < -0.39 is 6.10 Å². The normalized spacial score (nSPS) is 16.8. The lowest BCUT2D eigenvalue weighted by molar-refractivity contribution is 0.0623. The lowest BCUT2D eigenvalue weighted by Gasteiger charge is -2.40. The second-order valence-electron chi connectivity index (χ2n) is 7.67. The van der Waals surface area contributed by atoms with E-state index in [1.165, 1.54) is 11.1 Å². The lowest BCUT2D eigenvalue weighted by Crippen LogP contribution is -2.48. The number of piperazine rings is 1. The Morgan fingerprint density at radius 3 is 1.69 bits per heavy atom. The summed E-state index contributed by atoms with van der Waals surface area (Å²) in [4.78, 5) is 4.86. The van der Waals surface area contributed by atoms with Gasteiger partial charge in [0.2, 0.25) is 0 Å². The molecule has 1 heterocycles. The summed E-state index contributed by atoms with van der Waals surface area (Å²) in [5, 5.41) is 20.0. The highest BCUT2D eigenvalue weighted by Gasteiger charge is 2.27. The molecule has 1 aliphatic heterocycles. The highest BCUT2D eigenvalue weighted by Crippen LogP contribution is 2.29. The van der Waals surface area contributed by atoms with Gasteiger partial charge in [-0.3, -0.25) is 9.80 Å². The Labute approximate surface area is 172 Å². The van der Waals surface area contributed by atoms with Crippen LogP contribution in [0.4, 0.5) is 0 Å². The molecule has 0 aromatic heterocycles. The molecular weight excluding hydrogens is 360 g/mol. The number of phenols is 1. The maximum atomic E-state index is 10.6. The first-order valence-corrected chi connectivity index (χ1v) is 10.2. The van der Waals surface area contributed by atoms with Crippen LogP contribution in [0.5, 0.6) is 5.75 Å². The predicted molar refractivity (Wildman–Crippen MR) is 116 cm³/mol. The third-order valence-corrected chi connectivity index (χ3v) is 5.71. The van der Waals surface area contributed by atoms with Gasteiger partial charge in [0.05, 0.1) is 12.1 Å². The van der Waals surface area contributed by atoms with Crippen molar-refractivity contribution in [1.82, 2.24) is 9.80 Å². The van der Waals surface area contributed by atoms with Crippen LogP contribution in [0.1, 0.15) is 28.8 Å². The average molecular weight is 389 g/mol. The fourth-order valence-electron chi connectivity index (χ4n) is 4.14. The van der Waals surface area contributed by atoms with Crippen LogP contribution in [-0.4, -0.2) is 52.7 Å². The largest absolute Gasteiger partial charge is 0.508 e. The molecule has 4 rings (SSSR count). The standard InChI is InChI=1S/C25H28N2O2/c28-23-13-11-20(12-14-23)24(29)19-26-15-17-27(18-16-26)25(21-7-3-1-4-8-21)22-9-5-2-6-10-22/h1-14,24-25,28-29H,15-19H2. The van der Waals surface area contributed by atoms with Gasteiger partial charge in [-0.15, -0.1) is 0 Å². The summed E-state index contributed by atoms with van der Waals surface area (Å²) in [6.45, 7) is 4.37. The molecule has 0 amide bonds. The Bertz CT molecular complexity index is 836. The van der Waals surface area contributed by atoms with Crippen LogP contribution in [0, 0.1) is 0 Å². The number of aliphatic hydroxyl groups is 1.